The Morgan fingerprint density at radius 1 is 1.11 bits per heavy atom. The van der Waals surface area contributed by atoms with E-state index in [2.05, 4.69) is 0 Å². The lowest BCUT2D eigenvalue weighted by atomic mass is 10.2. The van der Waals surface area contributed by atoms with Crippen molar-refractivity contribution in [2.24, 2.45) is 0 Å². The van der Waals surface area contributed by atoms with Gasteiger partial charge < -0.3 is 14.5 Å². The molecule has 0 aromatic heterocycles. The molecule has 1 heterocycles. The monoisotopic (exact) mass is 270 g/mol. The molecule has 110 valence electrons. The maximum absolute atomic E-state index is 12.4. The van der Waals surface area contributed by atoms with Crippen LogP contribution in [-0.2, 0) is 9.53 Å². The van der Waals surface area contributed by atoms with E-state index in [1.807, 2.05) is 11.8 Å². The predicted molar refractivity (Wildman–Crippen MR) is 73.9 cm³/mol. The van der Waals surface area contributed by atoms with Crippen molar-refractivity contribution in [3.63, 3.8) is 0 Å². The molecule has 1 rings (SSSR count). The van der Waals surface area contributed by atoms with Crippen molar-refractivity contribution in [1.82, 2.24) is 9.80 Å². The zero-order valence-corrected chi connectivity index (χ0v) is 12.2. The van der Waals surface area contributed by atoms with E-state index in [1.54, 1.807) is 11.8 Å². The molecule has 1 fully saturated rings. The van der Waals surface area contributed by atoms with Gasteiger partial charge in [-0.05, 0) is 26.2 Å². The Labute approximate surface area is 115 Å². The van der Waals surface area contributed by atoms with Gasteiger partial charge in [0.1, 0.15) is 6.54 Å². The van der Waals surface area contributed by atoms with Crippen LogP contribution in [0.15, 0.2) is 0 Å². The summed E-state index contributed by atoms with van der Waals surface area (Å²) in [6.45, 7) is 6.43. The van der Waals surface area contributed by atoms with Gasteiger partial charge in [-0.1, -0.05) is 19.8 Å². The van der Waals surface area contributed by atoms with Gasteiger partial charge in [0.05, 0.1) is 6.61 Å². The summed E-state index contributed by atoms with van der Waals surface area (Å²) in [6, 6.07) is -0.0168. The van der Waals surface area contributed by atoms with E-state index >= 15 is 0 Å². The minimum absolute atomic E-state index is 0.0168. The number of nitrogens with zero attached hydrogens (tertiary/aromatic N) is 2. The summed E-state index contributed by atoms with van der Waals surface area (Å²) in [5, 5.41) is 0. The Hall–Kier alpha value is -1.26. The summed E-state index contributed by atoms with van der Waals surface area (Å²) < 4.78 is 4.93. The number of hydrogen-bond donors (Lipinski definition) is 0. The van der Waals surface area contributed by atoms with Crippen molar-refractivity contribution in [2.75, 3.05) is 32.8 Å². The Morgan fingerprint density at radius 2 is 1.74 bits per heavy atom. The van der Waals surface area contributed by atoms with Crippen molar-refractivity contribution in [2.45, 2.75) is 46.0 Å². The van der Waals surface area contributed by atoms with Crippen molar-refractivity contribution in [1.29, 1.82) is 0 Å². The quantitative estimate of drug-likeness (QED) is 0.720. The number of rotatable bonds is 5. The normalized spacial score (nSPS) is 15.8. The molecule has 1 aliphatic heterocycles. The van der Waals surface area contributed by atoms with Crippen LogP contribution in [0.1, 0.15) is 46.0 Å². The van der Waals surface area contributed by atoms with Gasteiger partial charge >= 0.3 is 12.0 Å². The molecule has 1 saturated heterocycles. The van der Waals surface area contributed by atoms with Gasteiger partial charge in [0.2, 0.25) is 0 Å². The molecule has 0 aromatic rings. The van der Waals surface area contributed by atoms with Crippen LogP contribution in [-0.4, -0.2) is 54.6 Å². The summed E-state index contributed by atoms with van der Waals surface area (Å²) in [5.74, 6) is -0.320. The van der Waals surface area contributed by atoms with Crippen molar-refractivity contribution < 1.29 is 14.3 Å². The number of urea groups is 1. The summed E-state index contributed by atoms with van der Waals surface area (Å²) in [6.07, 6.45) is 5.35. The van der Waals surface area contributed by atoms with E-state index in [0.717, 1.165) is 32.4 Å². The molecule has 0 saturated carbocycles. The Morgan fingerprint density at radius 3 is 2.26 bits per heavy atom. The Kier molecular flexibility index (Phi) is 7.30. The van der Waals surface area contributed by atoms with Crippen molar-refractivity contribution in [3.05, 3.63) is 0 Å². The molecule has 0 radical (unpaired) electrons. The molecule has 0 atom stereocenters. The van der Waals surface area contributed by atoms with E-state index in [1.165, 1.54) is 12.8 Å². The molecule has 0 aliphatic carbocycles. The van der Waals surface area contributed by atoms with Crippen LogP contribution < -0.4 is 0 Å². The van der Waals surface area contributed by atoms with E-state index < -0.39 is 0 Å². The molecule has 2 amide bonds. The first kappa shape index (κ1) is 15.8. The molecule has 0 aromatic carbocycles. The van der Waals surface area contributed by atoms with Gasteiger partial charge in [0, 0.05) is 19.6 Å². The minimum Gasteiger partial charge on any atom is -0.465 e. The highest BCUT2D eigenvalue weighted by Crippen LogP contribution is 2.12. The fourth-order valence-electron chi connectivity index (χ4n) is 2.34. The second-order valence-electron chi connectivity index (χ2n) is 4.91. The zero-order chi connectivity index (χ0) is 14.1. The SMILES string of the molecule is CCCN(CC(=O)OCC)C(=O)N1CCCCCC1. The fraction of sp³-hybridized carbons (Fsp3) is 0.857. The Bertz CT molecular complexity index is 286. The summed E-state index contributed by atoms with van der Waals surface area (Å²) in [4.78, 5) is 27.5. The molecule has 5 heteroatoms. The molecule has 0 unspecified atom stereocenters. The summed E-state index contributed by atoms with van der Waals surface area (Å²) >= 11 is 0. The van der Waals surface area contributed by atoms with Crippen LogP contribution in [0.2, 0.25) is 0 Å². The molecule has 0 spiro atoms. The van der Waals surface area contributed by atoms with Gasteiger partial charge in [-0.15, -0.1) is 0 Å². The zero-order valence-electron chi connectivity index (χ0n) is 12.2. The fourth-order valence-corrected chi connectivity index (χ4v) is 2.34. The molecule has 0 N–H and O–H groups in total. The van der Waals surface area contributed by atoms with E-state index in [4.69, 9.17) is 4.74 Å². The highest BCUT2D eigenvalue weighted by atomic mass is 16.5. The highest BCUT2D eigenvalue weighted by Gasteiger charge is 2.23. The van der Waals surface area contributed by atoms with Crippen LogP contribution in [0.25, 0.3) is 0 Å². The lowest BCUT2D eigenvalue weighted by molar-refractivity contribution is -0.143. The third kappa shape index (κ3) is 5.49. The van der Waals surface area contributed by atoms with Crippen LogP contribution in [0.4, 0.5) is 4.79 Å². The maximum Gasteiger partial charge on any atom is 0.325 e. The molecular weight excluding hydrogens is 244 g/mol. The first-order chi connectivity index (χ1) is 9.19. The van der Waals surface area contributed by atoms with E-state index in [0.29, 0.717) is 13.2 Å². The van der Waals surface area contributed by atoms with Crippen LogP contribution in [0, 0.1) is 0 Å². The second-order valence-corrected chi connectivity index (χ2v) is 4.91. The first-order valence-electron chi connectivity index (χ1n) is 7.38. The minimum atomic E-state index is -0.320. The number of esters is 1. The number of likely N-dealkylation sites (tertiary alicyclic amines) is 1. The number of hydrogen-bond acceptors (Lipinski definition) is 3. The first-order valence-corrected chi connectivity index (χ1v) is 7.38. The van der Waals surface area contributed by atoms with Crippen LogP contribution >= 0.6 is 0 Å². The average molecular weight is 270 g/mol. The van der Waals surface area contributed by atoms with Crippen LogP contribution in [0.3, 0.4) is 0 Å². The third-order valence-corrected chi connectivity index (χ3v) is 3.27. The molecule has 19 heavy (non-hydrogen) atoms. The number of amides is 2. The van der Waals surface area contributed by atoms with Crippen molar-refractivity contribution in [3.8, 4) is 0 Å². The molecule has 1 aliphatic rings. The van der Waals surface area contributed by atoms with Gasteiger partial charge in [-0.3, -0.25) is 4.79 Å². The van der Waals surface area contributed by atoms with Gasteiger partial charge in [0.25, 0.3) is 0 Å². The number of ether oxygens (including phenoxy) is 1. The standard InChI is InChI=1S/C14H26N2O3/c1-3-9-16(12-13(17)19-4-2)14(18)15-10-7-5-6-8-11-15/h3-12H2,1-2H3. The van der Waals surface area contributed by atoms with Gasteiger partial charge in [0.15, 0.2) is 0 Å². The summed E-state index contributed by atoms with van der Waals surface area (Å²) in [5.41, 5.74) is 0. The topological polar surface area (TPSA) is 49.9 Å². The summed E-state index contributed by atoms with van der Waals surface area (Å²) in [7, 11) is 0. The lowest BCUT2D eigenvalue weighted by Gasteiger charge is -2.29. The highest BCUT2D eigenvalue weighted by molar-refractivity contribution is 5.81. The Balaban J connectivity index is 2.57. The van der Waals surface area contributed by atoms with Crippen molar-refractivity contribution >= 4 is 12.0 Å². The predicted octanol–water partition coefficient (Wildman–Crippen LogP) is 2.26. The largest absolute Gasteiger partial charge is 0.465 e. The number of carbonyl (C=O) groups is 2. The van der Waals surface area contributed by atoms with Gasteiger partial charge in [-0.2, -0.15) is 0 Å². The number of carbonyl (C=O) groups excluding carboxylic acids is 2. The van der Waals surface area contributed by atoms with E-state index in [9.17, 15) is 9.59 Å². The average Bonchev–Trinajstić information content (AvgIpc) is 2.66. The molecule has 5 nitrogen and oxygen atoms in total. The second kappa shape index (κ2) is 8.77. The molecular formula is C14H26N2O3. The van der Waals surface area contributed by atoms with Gasteiger partial charge in [-0.25, -0.2) is 4.79 Å². The van der Waals surface area contributed by atoms with Crippen LogP contribution in [0.5, 0.6) is 0 Å². The molecule has 0 bridgehead atoms. The smallest absolute Gasteiger partial charge is 0.325 e. The third-order valence-electron chi connectivity index (χ3n) is 3.27. The maximum atomic E-state index is 12.4. The van der Waals surface area contributed by atoms with E-state index in [-0.39, 0.29) is 18.5 Å². The lowest BCUT2D eigenvalue weighted by Crippen LogP contribution is -2.46.